The summed E-state index contributed by atoms with van der Waals surface area (Å²) in [6, 6.07) is 7.41. The van der Waals surface area contributed by atoms with Gasteiger partial charge in [-0.15, -0.1) is 0 Å². The maximum atomic E-state index is 12.1. The molecule has 0 saturated carbocycles. The van der Waals surface area contributed by atoms with Crippen LogP contribution < -0.4 is 10.1 Å². The number of thioether (sulfide) groups is 1. The van der Waals surface area contributed by atoms with Gasteiger partial charge in [-0.2, -0.15) is 20.5 Å². The molecule has 1 aliphatic rings. The number of nitrogens with one attached hydrogen (secondary N) is 1. The molecule has 0 aromatic heterocycles. The molecule has 1 aromatic carbocycles. The number of hydrogen-bond acceptors (Lipinski definition) is 3. The molecule has 1 heterocycles. The Morgan fingerprint density at radius 2 is 2.10 bits per heavy atom. The van der Waals surface area contributed by atoms with Gasteiger partial charge in [-0.25, -0.2) is 0 Å². The van der Waals surface area contributed by atoms with Crippen molar-refractivity contribution in [3.05, 3.63) is 29.8 Å². The lowest BCUT2D eigenvalue weighted by Crippen LogP contribution is -2.31. The van der Waals surface area contributed by atoms with Crippen LogP contribution in [0.3, 0.4) is 0 Å². The van der Waals surface area contributed by atoms with Crippen LogP contribution in [0.4, 0.5) is 8.78 Å². The second-order valence-electron chi connectivity index (χ2n) is 5.60. The second-order valence-corrected chi connectivity index (χ2v) is 6.75. The molecule has 1 aromatic rings. The van der Waals surface area contributed by atoms with E-state index in [2.05, 4.69) is 17.0 Å². The fourth-order valence-electron chi connectivity index (χ4n) is 2.43. The second kappa shape index (κ2) is 8.59. The highest BCUT2D eigenvalue weighted by molar-refractivity contribution is 7.99. The minimum Gasteiger partial charge on any atom is -0.435 e. The Hall–Kier alpha value is -0.810. The van der Waals surface area contributed by atoms with Gasteiger partial charge in [-0.1, -0.05) is 12.1 Å². The van der Waals surface area contributed by atoms with E-state index in [-0.39, 0.29) is 5.75 Å². The summed E-state index contributed by atoms with van der Waals surface area (Å²) in [5, 5.41) is 3.60. The van der Waals surface area contributed by atoms with Crippen LogP contribution in [0.5, 0.6) is 5.75 Å². The Bertz CT molecular complexity index is 407. The summed E-state index contributed by atoms with van der Waals surface area (Å²) in [6.07, 6.45) is 3.33. The van der Waals surface area contributed by atoms with Gasteiger partial charge in [0.15, 0.2) is 0 Å². The van der Waals surface area contributed by atoms with E-state index >= 15 is 0 Å². The van der Waals surface area contributed by atoms with Crippen LogP contribution in [0.25, 0.3) is 0 Å². The summed E-state index contributed by atoms with van der Waals surface area (Å²) in [6.45, 7) is 0.555. The zero-order valence-electron chi connectivity index (χ0n) is 12.4. The third-order valence-corrected chi connectivity index (χ3v) is 5.03. The number of aryl methyl sites for hydroxylation is 1. The van der Waals surface area contributed by atoms with E-state index in [1.807, 2.05) is 23.9 Å². The molecule has 2 unspecified atom stereocenters. The van der Waals surface area contributed by atoms with Crippen molar-refractivity contribution in [3.8, 4) is 5.75 Å². The summed E-state index contributed by atoms with van der Waals surface area (Å²) in [5.41, 5.74) is 1.15. The summed E-state index contributed by atoms with van der Waals surface area (Å²) >= 11 is 2.04. The molecular weight excluding hydrogens is 292 g/mol. The minimum absolute atomic E-state index is 0.221. The Morgan fingerprint density at radius 3 is 2.71 bits per heavy atom. The van der Waals surface area contributed by atoms with E-state index in [1.165, 1.54) is 17.9 Å². The first-order chi connectivity index (χ1) is 10.1. The monoisotopic (exact) mass is 315 g/mol. The lowest BCUT2D eigenvalue weighted by Gasteiger charge is -2.16. The van der Waals surface area contributed by atoms with Gasteiger partial charge < -0.3 is 10.1 Å². The van der Waals surface area contributed by atoms with E-state index in [1.54, 1.807) is 12.1 Å². The van der Waals surface area contributed by atoms with Gasteiger partial charge in [-0.05, 0) is 67.9 Å². The van der Waals surface area contributed by atoms with Gasteiger partial charge in [0.1, 0.15) is 5.75 Å². The lowest BCUT2D eigenvalue weighted by atomic mass is 10.0. The normalized spacial score (nSPS) is 19.9. The molecule has 2 rings (SSSR count). The van der Waals surface area contributed by atoms with Crippen LogP contribution >= 0.6 is 11.8 Å². The topological polar surface area (TPSA) is 21.3 Å². The maximum Gasteiger partial charge on any atom is 0.387 e. The molecule has 118 valence electrons. The number of alkyl halides is 2. The Morgan fingerprint density at radius 1 is 1.33 bits per heavy atom. The van der Waals surface area contributed by atoms with Crippen molar-refractivity contribution < 1.29 is 13.5 Å². The van der Waals surface area contributed by atoms with Gasteiger partial charge in [0.25, 0.3) is 0 Å². The molecular formula is C16H23F2NOS. The maximum absolute atomic E-state index is 12.1. The molecule has 5 heteroatoms. The van der Waals surface area contributed by atoms with E-state index in [0.29, 0.717) is 6.04 Å². The molecule has 2 nitrogen and oxygen atoms in total. The lowest BCUT2D eigenvalue weighted by molar-refractivity contribution is -0.0498. The predicted octanol–water partition coefficient (Wildman–Crippen LogP) is 3.95. The Labute approximate surface area is 129 Å². The van der Waals surface area contributed by atoms with Gasteiger partial charge in [-0.3, -0.25) is 0 Å². The molecule has 0 aliphatic carbocycles. The van der Waals surface area contributed by atoms with Gasteiger partial charge in [0.05, 0.1) is 0 Å². The number of rotatable bonds is 8. The van der Waals surface area contributed by atoms with E-state index in [0.717, 1.165) is 30.9 Å². The number of halogens is 2. The molecule has 1 aliphatic heterocycles. The summed E-state index contributed by atoms with van der Waals surface area (Å²) in [7, 11) is 0. The first-order valence-electron chi connectivity index (χ1n) is 7.48. The molecule has 1 N–H and O–H groups in total. The molecule has 21 heavy (non-hydrogen) atoms. The molecule has 0 bridgehead atoms. The van der Waals surface area contributed by atoms with Crippen molar-refractivity contribution in [2.75, 3.05) is 18.1 Å². The average Bonchev–Trinajstić information content (AvgIpc) is 2.97. The van der Waals surface area contributed by atoms with E-state index < -0.39 is 6.61 Å². The number of ether oxygens (including phenoxy) is 1. The first-order valence-corrected chi connectivity index (χ1v) is 8.64. The highest BCUT2D eigenvalue weighted by atomic mass is 32.2. The third-order valence-electron chi connectivity index (χ3n) is 3.79. The van der Waals surface area contributed by atoms with Crippen molar-refractivity contribution in [1.82, 2.24) is 5.32 Å². The predicted molar refractivity (Wildman–Crippen MR) is 84.3 cm³/mol. The zero-order chi connectivity index (χ0) is 15.1. The fourth-order valence-corrected chi connectivity index (χ4v) is 3.72. The number of benzene rings is 1. The highest BCUT2D eigenvalue weighted by Gasteiger charge is 2.15. The zero-order valence-corrected chi connectivity index (χ0v) is 13.2. The fraction of sp³-hybridized carbons (Fsp3) is 0.625. The summed E-state index contributed by atoms with van der Waals surface area (Å²) in [5.74, 6) is 3.63. The number of hydrogen-bond donors (Lipinski definition) is 1. The minimum atomic E-state index is -2.76. The van der Waals surface area contributed by atoms with Crippen LogP contribution in [0.15, 0.2) is 24.3 Å². The van der Waals surface area contributed by atoms with Crippen molar-refractivity contribution in [2.24, 2.45) is 5.92 Å². The van der Waals surface area contributed by atoms with Crippen molar-refractivity contribution >= 4 is 11.8 Å². The molecule has 1 fully saturated rings. The standard InChI is InChI=1S/C16H23F2NOS/c1-12(19-10-14-8-9-21-11-14)2-3-13-4-6-15(7-5-13)20-16(17)18/h4-7,12,14,16,19H,2-3,8-11H2,1H3. The van der Waals surface area contributed by atoms with Gasteiger partial charge in [0.2, 0.25) is 0 Å². The van der Waals surface area contributed by atoms with E-state index in [4.69, 9.17) is 0 Å². The van der Waals surface area contributed by atoms with Crippen molar-refractivity contribution in [3.63, 3.8) is 0 Å². The quantitative estimate of drug-likeness (QED) is 0.785. The van der Waals surface area contributed by atoms with Crippen molar-refractivity contribution in [1.29, 1.82) is 0 Å². The van der Waals surface area contributed by atoms with E-state index in [9.17, 15) is 8.78 Å². The van der Waals surface area contributed by atoms with Gasteiger partial charge >= 0.3 is 6.61 Å². The van der Waals surface area contributed by atoms with Crippen LogP contribution in [-0.2, 0) is 6.42 Å². The Kier molecular flexibility index (Phi) is 6.77. The molecule has 0 amide bonds. The molecule has 0 radical (unpaired) electrons. The largest absolute Gasteiger partial charge is 0.435 e. The highest BCUT2D eigenvalue weighted by Crippen LogP contribution is 2.22. The van der Waals surface area contributed by atoms with Crippen LogP contribution in [0.2, 0.25) is 0 Å². The summed E-state index contributed by atoms with van der Waals surface area (Å²) < 4.78 is 28.5. The first kappa shape index (κ1) is 16.6. The smallest absolute Gasteiger partial charge is 0.387 e. The third kappa shape index (κ3) is 6.22. The van der Waals surface area contributed by atoms with Gasteiger partial charge in [0, 0.05) is 6.04 Å². The van der Waals surface area contributed by atoms with Crippen molar-refractivity contribution in [2.45, 2.75) is 38.8 Å². The molecule has 0 spiro atoms. The van der Waals surface area contributed by atoms with Crippen LogP contribution in [0, 0.1) is 5.92 Å². The van der Waals surface area contributed by atoms with Crippen LogP contribution in [-0.4, -0.2) is 30.7 Å². The Balaban J connectivity index is 1.66. The average molecular weight is 315 g/mol. The van der Waals surface area contributed by atoms with Crippen LogP contribution in [0.1, 0.15) is 25.3 Å². The molecule has 1 saturated heterocycles. The SMILES string of the molecule is CC(CCc1ccc(OC(F)F)cc1)NCC1CCSC1. The molecule has 2 atom stereocenters. The summed E-state index contributed by atoms with van der Waals surface area (Å²) in [4.78, 5) is 0.